The molecule has 0 aliphatic heterocycles. The predicted octanol–water partition coefficient (Wildman–Crippen LogP) is 13.9. The highest BCUT2D eigenvalue weighted by molar-refractivity contribution is 6.22. The molecule has 8 aromatic carbocycles. The van der Waals surface area contributed by atoms with E-state index in [4.69, 9.17) is 0 Å². The van der Waals surface area contributed by atoms with Gasteiger partial charge in [-0.25, -0.2) is 0 Å². The molecule has 4 saturated carbocycles. The number of rotatable bonds is 3. The molecule has 0 aromatic heterocycles. The lowest BCUT2D eigenvalue weighted by Gasteiger charge is -2.61. The molecule has 1 spiro atoms. The molecule has 8 aromatic rings. The highest BCUT2D eigenvalue weighted by Crippen LogP contribution is 2.70. The van der Waals surface area contributed by atoms with E-state index in [1.807, 2.05) is 0 Å². The minimum Gasteiger partial charge on any atom is -0.0622 e. The van der Waals surface area contributed by atoms with Crippen LogP contribution in [0.3, 0.4) is 0 Å². The first-order valence-electron chi connectivity index (χ1n) is 19.5. The Morgan fingerprint density at radius 2 is 0.904 bits per heavy atom. The maximum Gasteiger partial charge on any atom is 0.0272 e. The Bertz CT molecular complexity index is 2660. The fourth-order valence-electron chi connectivity index (χ4n) is 12.4. The van der Waals surface area contributed by atoms with Crippen molar-refractivity contribution >= 4 is 32.3 Å². The van der Waals surface area contributed by atoms with E-state index >= 15 is 0 Å². The van der Waals surface area contributed by atoms with E-state index in [0.29, 0.717) is 0 Å². The molecule has 13 rings (SSSR count). The van der Waals surface area contributed by atoms with E-state index in [9.17, 15) is 0 Å². The third-order valence-corrected chi connectivity index (χ3v) is 14.0. The van der Waals surface area contributed by atoms with E-state index < -0.39 is 0 Å². The molecular formula is C52H40. The molecular weight excluding hydrogens is 625 g/mol. The van der Waals surface area contributed by atoms with Crippen LogP contribution in [0.1, 0.15) is 43.2 Å². The van der Waals surface area contributed by atoms with Crippen LogP contribution in [0.4, 0.5) is 0 Å². The van der Waals surface area contributed by atoms with Crippen LogP contribution in [0.15, 0.2) is 158 Å². The van der Waals surface area contributed by atoms with Gasteiger partial charge in [-0.15, -0.1) is 0 Å². The van der Waals surface area contributed by atoms with Gasteiger partial charge in [0.15, 0.2) is 0 Å². The van der Waals surface area contributed by atoms with Crippen molar-refractivity contribution in [1.82, 2.24) is 0 Å². The zero-order valence-electron chi connectivity index (χ0n) is 29.4. The van der Waals surface area contributed by atoms with Gasteiger partial charge in [0.05, 0.1) is 0 Å². The smallest absolute Gasteiger partial charge is 0.0272 e. The molecule has 0 heterocycles. The monoisotopic (exact) mass is 664 g/mol. The van der Waals surface area contributed by atoms with Gasteiger partial charge in [-0.05, 0) is 150 Å². The van der Waals surface area contributed by atoms with E-state index in [2.05, 4.69) is 158 Å². The summed E-state index contributed by atoms with van der Waals surface area (Å²) in [6.07, 6.45) is 7.04. The average Bonchev–Trinajstić information content (AvgIpc) is 3.49. The molecule has 0 unspecified atom stereocenters. The quantitative estimate of drug-likeness (QED) is 0.165. The summed E-state index contributed by atoms with van der Waals surface area (Å²) in [7, 11) is 0. The standard InChI is InChI=1S/C52H40/c1-2-12-34(13-3-1)39-15-6-7-17-41(39)50-44-20-10-8-18-42(44)49(43-19-9-11-21-45(43)50)36-22-24-46-48(31-36)52(37-27-32-26-33(29-37)30-38(52)28-32)47-25-23-35-14-4-5-16-40(35)51(46)47/h1-25,31-33,37-38H,26-30H2. The first kappa shape index (κ1) is 29.2. The van der Waals surface area contributed by atoms with Crippen molar-refractivity contribution in [2.24, 2.45) is 23.7 Å². The first-order valence-corrected chi connectivity index (χ1v) is 19.5. The van der Waals surface area contributed by atoms with E-state index in [0.717, 1.165) is 23.7 Å². The molecule has 0 saturated heterocycles. The Labute approximate surface area is 305 Å². The van der Waals surface area contributed by atoms with Crippen molar-refractivity contribution in [3.8, 4) is 44.5 Å². The van der Waals surface area contributed by atoms with Gasteiger partial charge in [0.2, 0.25) is 0 Å². The number of fused-ring (bicyclic) bond motifs is 7. The third-order valence-electron chi connectivity index (χ3n) is 14.0. The van der Waals surface area contributed by atoms with Crippen LogP contribution in [-0.2, 0) is 5.41 Å². The van der Waals surface area contributed by atoms with Crippen LogP contribution >= 0.6 is 0 Å². The van der Waals surface area contributed by atoms with Gasteiger partial charge in [0, 0.05) is 5.41 Å². The van der Waals surface area contributed by atoms with Gasteiger partial charge in [-0.3, -0.25) is 0 Å². The molecule has 0 radical (unpaired) electrons. The van der Waals surface area contributed by atoms with Gasteiger partial charge < -0.3 is 0 Å². The second kappa shape index (κ2) is 10.8. The van der Waals surface area contributed by atoms with Crippen LogP contribution in [0.25, 0.3) is 76.8 Å². The Morgan fingerprint density at radius 3 is 1.58 bits per heavy atom. The van der Waals surface area contributed by atoms with E-state index in [-0.39, 0.29) is 5.41 Å². The van der Waals surface area contributed by atoms with Gasteiger partial charge in [-0.1, -0.05) is 152 Å². The Balaban J connectivity index is 1.15. The molecule has 5 aliphatic rings. The summed E-state index contributed by atoms with van der Waals surface area (Å²) in [5, 5.41) is 8.09. The average molecular weight is 665 g/mol. The maximum atomic E-state index is 2.69. The predicted molar refractivity (Wildman–Crippen MR) is 219 cm³/mol. The third kappa shape index (κ3) is 3.83. The molecule has 5 aliphatic carbocycles. The molecule has 0 nitrogen and oxygen atoms in total. The van der Waals surface area contributed by atoms with Crippen LogP contribution in [0.2, 0.25) is 0 Å². The second-order valence-corrected chi connectivity index (χ2v) is 16.4. The largest absolute Gasteiger partial charge is 0.0622 e. The number of benzene rings is 8. The van der Waals surface area contributed by atoms with Gasteiger partial charge in [0.25, 0.3) is 0 Å². The fourth-order valence-corrected chi connectivity index (χ4v) is 12.4. The topological polar surface area (TPSA) is 0 Å². The summed E-state index contributed by atoms with van der Waals surface area (Å²) in [6, 6.07) is 60.1. The molecule has 0 atom stereocenters. The summed E-state index contributed by atoms with van der Waals surface area (Å²) in [5.41, 5.74) is 14.3. The van der Waals surface area contributed by atoms with Crippen LogP contribution in [-0.4, -0.2) is 0 Å². The highest BCUT2D eigenvalue weighted by atomic mass is 14.6. The summed E-state index contributed by atoms with van der Waals surface area (Å²) in [4.78, 5) is 0. The normalized spacial score (nSPS) is 23.8. The minimum atomic E-state index is 0.109. The van der Waals surface area contributed by atoms with Crippen molar-refractivity contribution in [2.75, 3.05) is 0 Å². The zero-order chi connectivity index (χ0) is 34.0. The van der Waals surface area contributed by atoms with Gasteiger partial charge >= 0.3 is 0 Å². The van der Waals surface area contributed by atoms with Crippen molar-refractivity contribution in [2.45, 2.75) is 37.5 Å². The van der Waals surface area contributed by atoms with E-state index in [1.165, 1.54) is 109 Å². The lowest BCUT2D eigenvalue weighted by molar-refractivity contribution is -0.0399. The molecule has 0 heteroatoms. The maximum absolute atomic E-state index is 2.69. The Kier molecular flexibility index (Phi) is 6.04. The molecule has 0 amide bonds. The van der Waals surface area contributed by atoms with E-state index in [1.54, 1.807) is 11.1 Å². The number of hydrogen-bond donors (Lipinski definition) is 0. The minimum absolute atomic E-state index is 0.109. The lowest BCUT2D eigenvalue weighted by Crippen LogP contribution is -2.55. The first-order chi connectivity index (χ1) is 25.8. The summed E-state index contributed by atoms with van der Waals surface area (Å²) < 4.78 is 0. The van der Waals surface area contributed by atoms with Crippen LogP contribution < -0.4 is 0 Å². The molecule has 4 bridgehead atoms. The van der Waals surface area contributed by atoms with Crippen molar-refractivity contribution in [3.63, 3.8) is 0 Å². The molecule has 52 heavy (non-hydrogen) atoms. The highest BCUT2D eigenvalue weighted by Gasteiger charge is 2.61. The molecule has 0 N–H and O–H groups in total. The summed E-state index contributed by atoms with van der Waals surface area (Å²) >= 11 is 0. The number of hydrogen-bond acceptors (Lipinski definition) is 0. The second-order valence-electron chi connectivity index (χ2n) is 16.4. The summed E-state index contributed by atoms with van der Waals surface area (Å²) in [5.74, 6) is 3.29. The van der Waals surface area contributed by atoms with Gasteiger partial charge in [-0.2, -0.15) is 0 Å². The lowest BCUT2D eigenvalue weighted by atomic mass is 9.43. The molecule has 4 fully saturated rings. The van der Waals surface area contributed by atoms with Crippen molar-refractivity contribution in [3.05, 3.63) is 169 Å². The van der Waals surface area contributed by atoms with Crippen molar-refractivity contribution < 1.29 is 0 Å². The van der Waals surface area contributed by atoms with Crippen LogP contribution in [0.5, 0.6) is 0 Å². The summed E-state index contributed by atoms with van der Waals surface area (Å²) in [6.45, 7) is 0. The Morgan fingerprint density at radius 1 is 0.346 bits per heavy atom. The zero-order valence-corrected chi connectivity index (χ0v) is 29.4. The SMILES string of the molecule is c1ccc(-c2ccccc2-c2c3ccccc3c(-c3ccc4c(c3)C3(c5ccc6ccccc6c5-4)C4CC5CC(C4)CC3C5)c3ccccc23)cc1. The Hall–Kier alpha value is -5.46. The fraction of sp³-hybridized carbons (Fsp3) is 0.192. The van der Waals surface area contributed by atoms with Crippen LogP contribution in [0, 0.1) is 23.7 Å². The molecule has 248 valence electrons. The van der Waals surface area contributed by atoms with Gasteiger partial charge in [0.1, 0.15) is 0 Å². The van der Waals surface area contributed by atoms with Crippen molar-refractivity contribution in [1.29, 1.82) is 0 Å².